The lowest BCUT2D eigenvalue weighted by molar-refractivity contribution is -0.120. The molecule has 0 atom stereocenters. The van der Waals surface area contributed by atoms with Crippen LogP contribution in [0, 0.1) is 13.8 Å². The molecule has 2 aromatic carbocycles. The maximum absolute atomic E-state index is 12.2. The van der Waals surface area contributed by atoms with E-state index < -0.39 is 0 Å². The van der Waals surface area contributed by atoms with Crippen LogP contribution in [-0.4, -0.2) is 28.1 Å². The number of benzene rings is 2. The number of carbonyl (C=O) groups excluding carboxylic acids is 2. The van der Waals surface area contributed by atoms with Crippen LogP contribution in [0.4, 0.5) is 0 Å². The van der Waals surface area contributed by atoms with Crippen molar-refractivity contribution in [3.8, 4) is 5.69 Å². The Balaban J connectivity index is 1.59. The topological polar surface area (TPSA) is 76.0 Å². The Morgan fingerprint density at radius 3 is 2.39 bits per heavy atom. The summed E-state index contributed by atoms with van der Waals surface area (Å²) in [5, 5.41) is 10.3. The molecule has 2 N–H and O–H groups in total. The highest BCUT2D eigenvalue weighted by atomic mass is 35.5. The molecule has 0 fully saturated rings. The van der Waals surface area contributed by atoms with Crippen LogP contribution >= 0.6 is 11.6 Å². The average Bonchev–Trinajstić information content (AvgIpc) is 2.99. The Bertz CT molecular complexity index is 999. The van der Waals surface area contributed by atoms with Gasteiger partial charge in [0.1, 0.15) is 0 Å². The number of aromatic nitrogens is 2. The summed E-state index contributed by atoms with van der Waals surface area (Å²) in [4.78, 5) is 24.3. The molecular formula is C21H21ClN4O2. The standard InChI is InChI=1S/C21H21ClN4O2/c1-14-18(15(2)26(25-14)16-8-4-3-5-9-16)12-23-20(27)13-24-21(28)17-10-6-7-11-19(17)22/h3-11H,12-13H2,1-2H3,(H,23,27)(H,24,28). The van der Waals surface area contributed by atoms with Gasteiger partial charge in [-0.2, -0.15) is 5.10 Å². The summed E-state index contributed by atoms with van der Waals surface area (Å²) in [6.07, 6.45) is 0. The molecule has 0 saturated carbocycles. The second kappa shape index (κ2) is 8.71. The number of para-hydroxylation sites is 1. The summed E-state index contributed by atoms with van der Waals surface area (Å²) in [5.74, 6) is -0.670. The molecule has 0 aliphatic carbocycles. The van der Waals surface area contributed by atoms with Gasteiger partial charge in [-0.05, 0) is 38.1 Å². The zero-order valence-corrected chi connectivity index (χ0v) is 16.5. The van der Waals surface area contributed by atoms with Gasteiger partial charge in [0.2, 0.25) is 5.91 Å². The molecule has 7 heteroatoms. The van der Waals surface area contributed by atoms with Gasteiger partial charge in [0.25, 0.3) is 5.91 Å². The molecule has 0 aliphatic rings. The molecule has 0 radical (unpaired) electrons. The maximum Gasteiger partial charge on any atom is 0.253 e. The van der Waals surface area contributed by atoms with Crippen molar-refractivity contribution < 1.29 is 9.59 Å². The lowest BCUT2D eigenvalue weighted by Gasteiger charge is -2.09. The summed E-state index contributed by atoms with van der Waals surface area (Å²) < 4.78 is 1.86. The largest absolute Gasteiger partial charge is 0.350 e. The van der Waals surface area contributed by atoms with Gasteiger partial charge >= 0.3 is 0 Å². The minimum absolute atomic E-state index is 0.130. The Morgan fingerprint density at radius 2 is 1.68 bits per heavy atom. The van der Waals surface area contributed by atoms with Crippen molar-refractivity contribution >= 4 is 23.4 Å². The van der Waals surface area contributed by atoms with Crippen molar-refractivity contribution in [3.05, 3.63) is 82.1 Å². The molecule has 0 aliphatic heterocycles. The molecule has 144 valence electrons. The van der Waals surface area contributed by atoms with Gasteiger partial charge in [0.05, 0.1) is 28.5 Å². The number of nitrogens with zero attached hydrogens (tertiary/aromatic N) is 2. The minimum Gasteiger partial charge on any atom is -0.350 e. The smallest absolute Gasteiger partial charge is 0.253 e. The molecule has 3 rings (SSSR count). The zero-order chi connectivity index (χ0) is 20.1. The van der Waals surface area contributed by atoms with E-state index >= 15 is 0 Å². The van der Waals surface area contributed by atoms with Crippen LogP contribution in [0.1, 0.15) is 27.3 Å². The highest BCUT2D eigenvalue weighted by molar-refractivity contribution is 6.33. The van der Waals surface area contributed by atoms with Crippen molar-refractivity contribution in [1.29, 1.82) is 0 Å². The zero-order valence-electron chi connectivity index (χ0n) is 15.7. The van der Waals surface area contributed by atoms with Crippen molar-refractivity contribution in [2.75, 3.05) is 6.54 Å². The second-order valence-corrected chi connectivity index (χ2v) is 6.74. The van der Waals surface area contributed by atoms with Gasteiger partial charge in [-0.1, -0.05) is 41.9 Å². The highest BCUT2D eigenvalue weighted by Gasteiger charge is 2.15. The van der Waals surface area contributed by atoms with Crippen LogP contribution in [0.3, 0.4) is 0 Å². The number of nitrogens with one attached hydrogen (secondary N) is 2. The average molecular weight is 397 g/mol. The summed E-state index contributed by atoms with van der Waals surface area (Å²) >= 11 is 5.99. The molecule has 3 aromatic rings. The predicted molar refractivity (Wildman–Crippen MR) is 109 cm³/mol. The molecule has 0 bridgehead atoms. The lowest BCUT2D eigenvalue weighted by Crippen LogP contribution is -2.36. The van der Waals surface area contributed by atoms with Gasteiger partial charge in [-0.15, -0.1) is 0 Å². The van der Waals surface area contributed by atoms with E-state index in [4.69, 9.17) is 11.6 Å². The Morgan fingerprint density at radius 1 is 1.00 bits per heavy atom. The van der Waals surface area contributed by atoms with Crippen LogP contribution in [0.2, 0.25) is 5.02 Å². The van der Waals surface area contributed by atoms with E-state index in [1.54, 1.807) is 24.3 Å². The van der Waals surface area contributed by atoms with Gasteiger partial charge in [-0.25, -0.2) is 4.68 Å². The van der Waals surface area contributed by atoms with E-state index in [1.165, 1.54) is 0 Å². The third-order valence-electron chi connectivity index (χ3n) is 4.43. The lowest BCUT2D eigenvalue weighted by atomic mass is 10.2. The number of carbonyl (C=O) groups is 2. The van der Waals surface area contributed by atoms with E-state index in [0.29, 0.717) is 17.1 Å². The molecule has 28 heavy (non-hydrogen) atoms. The van der Waals surface area contributed by atoms with E-state index in [2.05, 4.69) is 15.7 Å². The van der Waals surface area contributed by atoms with Crippen molar-refractivity contribution in [2.45, 2.75) is 20.4 Å². The fourth-order valence-corrected chi connectivity index (χ4v) is 3.12. The number of hydrogen-bond acceptors (Lipinski definition) is 3. The fourth-order valence-electron chi connectivity index (χ4n) is 2.90. The number of rotatable bonds is 6. The number of hydrogen-bond donors (Lipinski definition) is 2. The van der Waals surface area contributed by atoms with Crippen LogP contribution < -0.4 is 10.6 Å². The third kappa shape index (κ3) is 4.40. The Labute approximate surface area is 168 Å². The maximum atomic E-state index is 12.2. The van der Waals surface area contributed by atoms with Gasteiger partial charge in [0.15, 0.2) is 0 Å². The molecule has 1 heterocycles. The van der Waals surface area contributed by atoms with Crippen molar-refractivity contribution in [1.82, 2.24) is 20.4 Å². The SMILES string of the molecule is Cc1nn(-c2ccccc2)c(C)c1CNC(=O)CNC(=O)c1ccccc1Cl. The first-order chi connectivity index (χ1) is 13.5. The van der Waals surface area contributed by atoms with Crippen LogP contribution in [0.15, 0.2) is 54.6 Å². The molecule has 0 unspecified atom stereocenters. The van der Waals surface area contributed by atoms with Gasteiger partial charge in [-0.3, -0.25) is 9.59 Å². The molecule has 1 aromatic heterocycles. The Kier molecular flexibility index (Phi) is 6.11. The van der Waals surface area contributed by atoms with Crippen LogP contribution in [0.5, 0.6) is 0 Å². The fraction of sp³-hybridized carbons (Fsp3) is 0.190. The second-order valence-electron chi connectivity index (χ2n) is 6.34. The van der Waals surface area contributed by atoms with Crippen LogP contribution in [0.25, 0.3) is 5.69 Å². The normalized spacial score (nSPS) is 10.5. The van der Waals surface area contributed by atoms with Gasteiger partial charge in [0, 0.05) is 17.8 Å². The third-order valence-corrected chi connectivity index (χ3v) is 4.76. The number of aryl methyl sites for hydroxylation is 1. The minimum atomic E-state index is -0.384. The molecule has 0 spiro atoms. The summed E-state index contributed by atoms with van der Waals surface area (Å²) in [6.45, 7) is 4.08. The molecule has 0 saturated heterocycles. The molecule has 2 amide bonds. The van der Waals surface area contributed by atoms with E-state index in [1.807, 2.05) is 48.9 Å². The number of amides is 2. The summed E-state index contributed by atoms with van der Waals surface area (Å²) in [5.41, 5.74) is 4.07. The summed E-state index contributed by atoms with van der Waals surface area (Å²) in [7, 11) is 0. The first kappa shape index (κ1) is 19.6. The van der Waals surface area contributed by atoms with Crippen molar-refractivity contribution in [2.24, 2.45) is 0 Å². The quantitative estimate of drug-likeness (QED) is 0.671. The van der Waals surface area contributed by atoms with E-state index in [9.17, 15) is 9.59 Å². The first-order valence-electron chi connectivity index (χ1n) is 8.87. The van der Waals surface area contributed by atoms with E-state index in [-0.39, 0.29) is 18.4 Å². The summed E-state index contributed by atoms with van der Waals surface area (Å²) in [6, 6.07) is 16.5. The Hall–Kier alpha value is -3.12. The molecule has 6 nitrogen and oxygen atoms in total. The van der Waals surface area contributed by atoms with Crippen LogP contribution in [-0.2, 0) is 11.3 Å². The predicted octanol–water partition coefficient (Wildman–Crippen LogP) is 3.19. The van der Waals surface area contributed by atoms with E-state index in [0.717, 1.165) is 22.6 Å². The highest BCUT2D eigenvalue weighted by Crippen LogP contribution is 2.17. The van der Waals surface area contributed by atoms with Gasteiger partial charge < -0.3 is 10.6 Å². The number of halogens is 1. The van der Waals surface area contributed by atoms with Crippen molar-refractivity contribution in [3.63, 3.8) is 0 Å². The monoisotopic (exact) mass is 396 g/mol. The molecular weight excluding hydrogens is 376 g/mol. The first-order valence-corrected chi connectivity index (χ1v) is 9.25.